The van der Waals surface area contributed by atoms with E-state index in [1.165, 1.54) is 11.1 Å². The lowest BCUT2D eigenvalue weighted by molar-refractivity contribution is 0.237. The fourth-order valence-electron chi connectivity index (χ4n) is 3.59. The van der Waals surface area contributed by atoms with E-state index < -0.39 is 0 Å². The Morgan fingerprint density at radius 3 is 2.76 bits per heavy atom. The molecule has 29 heavy (non-hydrogen) atoms. The summed E-state index contributed by atoms with van der Waals surface area (Å²) in [5.74, 6) is 0.986. The number of amides is 2. The minimum Gasteiger partial charge on any atom is -0.493 e. The number of ether oxygens (including phenoxy) is 1. The number of hydrogen-bond acceptors (Lipinski definition) is 3. The summed E-state index contributed by atoms with van der Waals surface area (Å²) in [6.45, 7) is 1.34. The maximum atomic E-state index is 12.5. The molecule has 0 saturated heterocycles. The van der Waals surface area contributed by atoms with Gasteiger partial charge in [0.25, 0.3) is 0 Å². The van der Waals surface area contributed by atoms with Gasteiger partial charge in [0.15, 0.2) is 0 Å². The van der Waals surface area contributed by atoms with Gasteiger partial charge in [-0.2, -0.15) is 0 Å². The Labute approximate surface area is 171 Å². The second-order valence-corrected chi connectivity index (χ2v) is 7.18. The number of benzene rings is 2. The van der Waals surface area contributed by atoms with Gasteiger partial charge in [0.05, 0.1) is 12.6 Å². The maximum absolute atomic E-state index is 12.5. The highest BCUT2D eigenvalue weighted by Crippen LogP contribution is 2.25. The van der Waals surface area contributed by atoms with Crippen molar-refractivity contribution in [1.82, 2.24) is 15.6 Å². The van der Waals surface area contributed by atoms with Crippen LogP contribution in [-0.2, 0) is 19.3 Å². The molecule has 1 unspecified atom stereocenters. The van der Waals surface area contributed by atoms with Gasteiger partial charge in [-0.1, -0.05) is 48.5 Å². The van der Waals surface area contributed by atoms with E-state index in [9.17, 15) is 4.79 Å². The van der Waals surface area contributed by atoms with Crippen molar-refractivity contribution >= 4 is 6.03 Å². The van der Waals surface area contributed by atoms with Gasteiger partial charge in [-0.25, -0.2) is 4.79 Å². The maximum Gasteiger partial charge on any atom is 0.315 e. The minimum absolute atomic E-state index is 0.136. The smallest absolute Gasteiger partial charge is 0.315 e. The van der Waals surface area contributed by atoms with Crippen LogP contribution >= 0.6 is 0 Å². The highest BCUT2D eigenvalue weighted by Gasteiger charge is 2.16. The van der Waals surface area contributed by atoms with Crippen molar-refractivity contribution in [3.63, 3.8) is 0 Å². The summed E-state index contributed by atoms with van der Waals surface area (Å²) in [6, 6.07) is 21.8. The molecule has 1 aromatic heterocycles. The summed E-state index contributed by atoms with van der Waals surface area (Å²) in [4.78, 5) is 16.9. The lowest BCUT2D eigenvalue weighted by Gasteiger charge is -2.19. The SMILES string of the molecule is O=C(NCCc1ccc2c(c1)CCO2)NC(Cc1ccccn1)c1ccccc1. The number of carbonyl (C=O) groups excluding carboxylic acids is 1. The van der Waals surface area contributed by atoms with E-state index in [4.69, 9.17) is 4.74 Å². The Morgan fingerprint density at radius 2 is 1.93 bits per heavy atom. The summed E-state index contributed by atoms with van der Waals surface area (Å²) in [5, 5.41) is 6.08. The Morgan fingerprint density at radius 1 is 1.07 bits per heavy atom. The van der Waals surface area contributed by atoms with Gasteiger partial charge >= 0.3 is 6.03 Å². The van der Waals surface area contributed by atoms with Crippen molar-refractivity contribution in [2.24, 2.45) is 0 Å². The van der Waals surface area contributed by atoms with E-state index in [1.54, 1.807) is 6.20 Å². The molecular weight excluding hydrogens is 362 g/mol. The normalized spacial score (nSPS) is 13.2. The van der Waals surface area contributed by atoms with E-state index in [2.05, 4.69) is 27.8 Å². The zero-order valence-corrected chi connectivity index (χ0v) is 16.3. The van der Waals surface area contributed by atoms with Gasteiger partial charge in [-0.05, 0) is 41.3 Å². The zero-order valence-electron chi connectivity index (χ0n) is 16.3. The van der Waals surface area contributed by atoms with Crippen molar-refractivity contribution in [1.29, 1.82) is 0 Å². The summed E-state index contributed by atoms with van der Waals surface area (Å²) < 4.78 is 5.55. The van der Waals surface area contributed by atoms with Crippen molar-refractivity contribution < 1.29 is 9.53 Å². The van der Waals surface area contributed by atoms with Gasteiger partial charge in [0.2, 0.25) is 0 Å². The molecule has 2 N–H and O–H groups in total. The molecule has 0 bridgehead atoms. The van der Waals surface area contributed by atoms with Crippen LogP contribution in [-0.4, -0.2) is 24.2 Å². The number of aromatic nitrogens is 1. The molecule has 1 aliphatic heterocycles. The molecule has 0 saturated carbocycles. The van der Waals surface area contributed by atoms with E-state index >= 15 is 0 Å². The molecule has 3 aromatic rings. The molecule has 4 rings (SSSR count). The molecule has 2 heterocycles. The molecule has 2 aromatic carbocycles. The first-order valence-electron chi connectivity index (χ1n) is 10.0. The summed E-state index contributed by atoms with van der Waals surface area (Å²) >= 11 is 0. The molecule has 0 spiro atoms. The minimum atomic E-state index is -0.167. The largest absolute Gasteiger partial charge is 0.493 e. The van der Waals surface area contributed by atoms with E-state index in [0.717, 1.165) is 36.5 Å². The van der Waals surface area contributed by atoms with E-state index in [-0.39, 0.29) is 12.1 Å². The third-order valence-corrected chi connectivity index (χ3v) is 5.10. The number of hydrogen-bond donors (Lipinski definition) is 2. The van der Waals surface area contributed by atoms with Crippen LogP contribution in [0.5, 0.6) is 5.75 Å². The first kappa shape index (κ1) is 19.0. The number of nitrogens with zero attached hydrogens (tertiary/aromatic N) is 1. The number of fused-ring (bicyclic) bond motifs is 1. The summed E-state index contributed by atoms with van der Waals surface area (Å²) in [6.07, 6.45) is 4.17. The van der Waals surface area contributed by atoms with Crippen LogP contribution in [0.25, 0.3) is 0 Å². The molecule has 2 amide bonds. The van der Waals surface area contributed by atoms with Crippen LogP contribution in [0, 0.1) is 0 Å². The summed E-state index contributed by atoms with van der Waals surface area (Å²) in [7, 11) is 0. The van der Waals surface area contributed by atoms with Crippen molar-refractivity contribution in [3.8, 4) is 5.75 Å². The van der Waals surface area contributed by atoms with Gasteiger partial charge < -0.3 is 15.4 Å². The first-order chi connectivity index (χ1) is 14.3. The molecule has 0 radical (unpaired) electrons. The van der Waals surface area contributed by atoms with Gasteiger partial charge in [0, 0.05) is 31.3 Å². The monoisotopic (exact) mass is 387 g/mol. The molecule has 5 heteroatoms. The Balaban J connectivity index is 1.34. The first-order valence-corrected chi connectivity index (χ1v) is 10.0. The average Bonchev–Trinajstić information content (AvgIpc) is 3.23. The van der Waals surface area contributed by atoms with Crippen LogP contribution in [0.4, 0.5) is 4.79 Å². The fraction of sp³-hybridized carbons (Fsp3) is 0.250. The number of urea groups is 1. The lowest BCUT2D eigenvalue weighted by atomic mass is 10.0. The molecule has 0 fully saturated rings. The predicted octanol–water partition coefficient (Wildman–Crippen LogP) is 3.84. The van der Waals surface area contributed by atoms with Gasteiger partial charge in [-0.15, -0.1) is 0 Å². The van der Waals surface area contributed by atoms with Gasteiger partial charge in [-0.3, -0.25) is 4.98 Å². The Bertz CT molecular complexity index is 945. The van der Waals surface area contributed by atoms with Crippen LogP contribution in [0.3, 0.4) is 0 Å². The number of nitrogens with one attached hydrogen (secondary N) is 2. The molecule has 1 atom stereocenters. The van der Waals surface area contributed by atoms with Crippen LogP contribution in [0.2, 0.25) is 0 Å². The fourth-order valence-corrected chi connectivity index (χ4v) is 3.59. The van der Waals surface area contributed by atoms with Crippen LogP contribution in [0.1, 0.15) is 28.4 Å². The standard InChI is InChI=1S/C24H25N3O2/c28-24(26-14-11-18-9-10-23-20(16-18)12-15-29-23)27-22(19-6-2-1-3-7-19)17-21-8-4-5-13-25-21/h1-10,13,16,22H,11-12,14-15,17H2,(H2,26,27,28). The second-order valence-electron chi connectivity index (χ2n) is 7.18. The molecular formula is C24H25N3O2. The van der Waals surface area contributed by atoms with Crippen molar-refractivity contribution in [2.75, 3.05) is 13.2 Å². The van der Waals surface area contributed by atoms with E-state index in [0.29, 0.717) is 13.0 Å². The van der Waals surface area contributed by atoms with Crippen molar-refractivity contribution in [2.45, 2.75) is 25.3 Å². The highest BCUT2D eigenvalue weighted by molar-refractivity contribution is 5.74. The zero-order chi connectivity index (χ0) is 19.9. The quantitative estimate of drug-likeness (QED) is 0.647. The number of carbonyl (C=O) groups is 1. The van der Waals surface area contributed by atoms with Gasteiger partial charge in [0.1, 0.15) is 5.75 Å². The molecule has 148 valence electrons. The highest BCUT2D eigenvalue weighted by atomic mass is 16.5. The molecule has 5 nitrogen and oxygen atoms in total. The third kappa shape index (κ3) is 5.13. The topological polar surface area (TPSA) is 63.2 Å². The predicted molar refractivity (Wildman–Crippen MR) is 113 cm³/mol. The number of pyridine rings is 1. The Kier molecular flexibility index (Phi) is 6.05. The second kappa shape index (κ2) is 9.24. The van der Waals surface area contributed by atoms with Crippen LogP contribution in [0.15, 0.2) is 72.9 Å². The van der Waals surface area contributed by atoms with Crippen LogP contribution < -0.4 is 15.4 Å². The summed E-state index contributed by atoms with van der Waals surface area (Å²) in [5.41, 5.74) is 4.48. The van der Waals surface area contributed by atoms with Crippen molar-refractivity contribution in [3.05, 3.63) is 95.3 Å². The lowest BCUT2D eigenvalue weighted by Crippen LogP contribution is -2.39. The average molecular weight is 387 g/mol. The third-order valence-electron chi connectivity index (χ3n) is 5.10. The molecule has 1 aliphatic rings. The Hall–Kier alpha value is -3.34. The molecule has 0 aliphatic carbocycles. The van der Waals surface area contributed by atoms with E-state index in [1.807, 2.05) is 54.6 Å². The number of rotatable bonds is 7.